The maximum absolute atomic E-state index is 10.3. The lowest BCUT2D eigenvalue weighted by Crippen LogP contribution is -2.01. The second-order valence-electron chi connectivity index (χ2n) is 1.21. The average Bonchev–Trinajstić information content (AvgIpc) is 1.68. The van der Waals surface area contributed by atoms with Gasteiger partial charge in [0.15, 0.2) is 0 Å². The Morgan fingerprint density at radius 2 is 2.38 bits per heavy atom. The highest BCUT2D eigenvalue weighted by Crippen LogP contribution is 1.84. The first-order valence-corrected chi connectivity index (χ1v) is 2.37. The van der Waals surface area contributed by atoms with Crippen molar-refractivity contribution in [2.75, 3.05) is 6.61 Å². The van der Waals surface area contributed by atoms with Crippen molar-refractivity contribution in [2.45, 2.75) is 6.42 Å². The summed E-state index contributed by atoms with van der Waals surface area (Å²) in [5.41, 5.74) is 0. The molecule has 0 rings (SSSR count). The summed E-state index contributed by atoms with van der Waals surface area (Å²) in [4.78, 5) is 10.3. The number of hydrogen-bond acceptors (Lipinski definition) is 2. The third-order valence-corrected chi connectivity index (χ3v) is 0.574. The summed E-state index contributed by atoms with van der Waals surface area (Å²) in [5.74, 6) is -0.269. The molecule has 0 N–H and O–H groups in total. The molecule has 0 spiro atoms. The molecule has 0 atom stereocenters. The van der Waals surface area contributed by atoms with Gasteiger partial charge in [-0.15, -0.1) is 6.58 Å². The first kappa shape index (κ1) is 7.21. The van der Waals surface area contributed by atoms with Crippen molar-refractivity contribution >= 4 is 5.97 Å². The van der Waals surface area contributed by atoms with Crippen molar-refractivity contribution in [1.82, 2.24) is 0 Å². The van der Waals surface area contributed by atoms with Crippen LogP contribution in [0.15, 0.2) is 12.7 Å². The predicted octanol–water partition coefficient (Wildman–Crippen LogP) is 0.940. The quantitative estimate of drug-likeness (QED) is 0.402. The Bertz CT molecular complexity index is 86.5. The SMILES string of the molecule is [CH2]COC(=O)CC=C. The van der Waals surface area contributed by atoms with Crippen molar-refractivity contribution < 1.29 is 9.53 Å². The van der Waals surface area contributed by atoms with E-state index in [9.17, 15) is 4.79 Å². The molecule has 2 nitrogen and oxygen atoms in total. The molecular weight excluding hydrogens is 104 g/mol. The summed E-state index contributed by atoms with van der Waals surface area (Å²) in [7, 11) is 0. The van der Waals surface area contributed by atoms with Crippen LogP contribution in [0.5, 0.6) is 0 Å². The zero-order chi connectivity index (χ0) is 6.41. The lowest BCUT2D eigenvalue weighted by atomic mass is 10.4. The molecule has 0 unspecified atom stereocenters. The minimum Gasteiger partial charge on any atom is -0.465 e. The van der Waals surface area contributed by atoms with Crippen molar-refractivity contribution in [2.24, 2.45) is 0 Å². The largest absolute Gasteiger partial charge is 0.465 e. The fourth-order valence-electron chi connectivity index (χ4n) is 0.291. The van der Waals surface area contributed by atoms with Crippen LogP contribution in [-0.4, -0.2) is 12.6 Å². The van der Waals surface area contributed by atoms with E-state index in [0.717, 1.165) is 0 Å². The number of carbonyl (C=O) groups excluding carboxylic acids is 1. The molecule has 0 aromatic rings. The van der Waals surface area contributed by atoms with E-state index in [0.29, 0.717) is 0 Å². The van der Waals surface area contributed by atoms with Gasteiger partial charge < -0.3 is 4.74 Å². The topological polar surface area (TPSA) is 26.3 Å². The molecule has 8 heavy (non-hydrogen) atoms. The molecule has 0 heterocycles. The van der Waals surface area contributed by atoms with Crippen molar-refractivity contribution in [3.05, 3.63) is 19.6 Å². The van der Waals surface area contributed by atoms with Gasteiger partial charge in [-0.25, -0.2) is 0 Å². The van der Waals surface area contributed by atoms with Crippen LogP contribution in [0.3, 0.4) is 0 Å². The van der Waals surface area contributed by atoms with Crippen molar-refractivity contribution in [1.29, 1.82) is 0 Å². The molecule has 0 aliphatic heterocycles. The van der Waals surface area contributed by atoms with E-state index in [1.54, 1.807) is 0 Å². The smallest absolute Gasteiger partial charge is 0.309 e. The molecule has 45 valence electrons. The van der Waals surface area contributed by atoms with Gasteiger partial charge in [0, 0.05) is 0 Å². The molecule has 0 amide bonds. The molecule has 1 radical (unpaired) electrons. The van der Waals surface area contributed by atoms with E-state index in [4.69, 9.17) is 0 Å². The molecule has 0 aliphatic carbocycles. The van der Waals surface area contributed by atoms with Crippen molar-refractivity contribution in [3.8, 4) is 0 Å². The Balaban J connectivity index is 3.18. The van der Waals surface area contributed by atoms with Crippen LogP contribution < -0.4 is 0 Å². The average molecular weight is 113 g/mol. The van der Waals surface area contributed by atoms with Gasteiger partial charge in [0.1, 0.15) is 0 Å². The van der Waals surface area contributed by atoms with Crippen LogP contribution in [0.1, 0.15) is 6.42 Å². The fraction of sp³-hybridized carbons (Fsp3) is 0.333. The highest BCUT2D eigenvalue weighted by Gasteiger charge is 1.93. The standard InChI is InChI=1S/C6H9O2/c1-3-5-6(7)8-4-2/h3H,1-2,4-5H2. The molecule has 0 aromatic heterocycles. The summed E-state index contributed by atoms with van der Waals surface area (Å²) in [5, 5.41) is 0. The Morgan fingerprint density at radius 3 is 2.75 bits per heavy atom. The van der Waals surface area contributed by atoms with Crippen LogP contribution >= 0.6 is 0 Å². The summed E-state index contributed by atoms with van der Waals surface area (Å²) in [6.07, 6.45) is 1.77. The predicted molar refractivity (Wildman–Crippen MR) is 31.1 cm³/mol. The molecule has 0 saturated carbocycles. The Hall–Kier alpha value is -0.790. The second kappa shape index (κ2) is 4.37. The van der Waals surface area contributed by atoms with Crippen LogP contribution in [0.4, 0.5) is 0 Å². The monoisotopic (exact) mass is 113 g/mol. The summed E-state index contributed by atoms with van der Waals surface area (Å²) < 4.78 is 4.46. The second-order valence-corrected chi connectivity index (χ2v) is 1.21. The van der Waals surface area contributed by atoms with Gasteiger partial charge in [-0.2, -0.15) is 0 Å². The van der Waals surface area contributed by atoms with Crippen LogP contribution in [0.25, 0.3) is 0 Å². The van der Waals surface area contributed by atoms with Gasteiger partial charge in [0.25, 0.3) is 0 Å². The number of rotatable bonds is 3. The van der Waals surface area contributed by atoms with E-state index in [1.165, 1.54) is 6.08 Å². The van der Waals surface area contributed by atoms with Gasteiger partial charge in [-0.3, -0.25) is 4.79 Å². The zero-order valence-electron chi connectivity index (χ0n) is 4.72. The highest BCUT2D eigenvalue weighted by atomic mass is 16.5. The van der Waals surface area contributed by atoms with Crippen LogP contribution in [0, 0.1) is 6.92 Å². The highest BCUT2D eigenvalue weighted by molar-refractivity contribution is 5.70. The molecule has 0 saturated heterocycles. The molecule has 2 heteroatoms. The summed E-state index contributed by atoms with van der Waals surface area (Å²) in [6, 6.07) is 0. The Labute approximate surface area is 49.1 Å². The number of carbonyl (C=O) groups is 1. The molecule has 0 bridgehead atoms. The van der Waals surface area contributed by atoms with Gasteiger partial charge in [-0.1, -0.05) is 6.08 Å². The van der Waals surface area contributed by atoms with E-state index in [-0.39, 0.29) is 19.0 Å². The lowest BCUT2D eigenvalue weighted by molar-refractivity contribution is -0.141. The summed E-state index contributed by atoms with van der Waals surface area (Å²) in [6.45, 7) is 6.89. The minimum absolute atomic E-state index is 0.201. The first-order chi connectivity index (χ1) is 3.81. The zero-order valence-corrected chi connectivity index (χ0v) is 4.72. The van der Waals surface area contributed by atoms with E-state index < -0.39 is 0 Å². The Morgan fingerprint density at radius 1 is 1.75 bits per heavy atom. The normalized spacial score (nSPS) is 8.12. The maximum Gasteiger partial charge on any atom is 0.309 e. The van der Waals surface area contributed by atoms with E-state index >= 15 is 0 Å². The van der Waals surface area contributed by atoms with Gasteiger partial charge in [-0.05, 0) is 6.92 Å². The van der Waals surface area contributed by atoms with E-state index in [2.05, 4.69) is 18.2 Å². The lowest BCUT2D eigenvalue weighted by Gasteiger charge is -1.94. The minimum atomic E-state index is -0.269. The van der Waals surface area contributed by atoms with Crippen LogP contribution in [0.2, 0.25) is 0 Å². The van der Waals surface area contributed by atoms with Gasteiger partial charge >= 0.3 is 5.97 Å². The third-order valence-electron chi connectivity index (χ3n) is 0.574. The summed E-state index contributed by atoms with van der Waals surface area (Å²) >= 11 is 0. The molecular formula is C6H9O2. The van der Waals surface area contributed by atoms with Gasteiger partial charge in [0.05, 0.1) is 13.0 Å². The Kier molecular flexibility index (Phi) is 3.94. The third kappa shape index (κ3) is 3.40. The molecule has 0 aromatic carbocycles. The fourth-order valence-corrected chi connectivity index (χ4v) is 0.291. The maximum atomic E-state index is 10.3. The molecule has 0 aliphatic rings. The number of hydrogen-bond donors (Lipinski definition) is 0. The van der Waals surface area contributed by atoms with Gasteiger partial charge in [0.2, 0.25) is 0 Å². The van der Waals surface area contributed by atoms with Crippen molar-refractivity contribution in [3.63, 3.8) is 0 Å². The van der Waals surface area contributed by atoms with Crippen LogP contribution in [-0.2, 0) is 9.53 Å². The first-order valence-electron chi connectivity index (χ1n) is 2.37. The number of ether oxygens (including phenoxy) is 1. The number of esters is 1. The van der Waals surface area contributed by atoms with E-state index in [1.807, 2.05) is 0 Å². The molecule has 0 fully saturated rings.